The molecule has 0 amide bonds. The van der Waals surface area contributed by atoms with Crippen molar-refractivity contribution in [3.63, 3.8) is 0 Å². The molecular formula is C15H19NO2. The molecule has 96 valence electrons. The summed E-state index contributed by atoms with van der Waals surface area (Å²) in [5.74, 6) is 0.122. The van der Waals surface area contributed by atoms with Gasteiger partial charge in [0.1, 0.15) is 0 Å². The molecule has 0 aliphatic carbocycles. The number of ketones is 1. The summed E-state index contributed by atoms with van der Waals surface area (Å²) < 4.78 is 5.14. The van der Waals surface area contributed by atoms with Crippen LogP contribution in [0.3, 0.4) is 0 Å². The molecule has 1 aromatic rings. The summed E-state index contributed by atoms with van der Waals surface area (Å²) in [6.45, 7) is 4.12. The van der Waals surface area contributed by atoms with E-state index in [1.54, 1.807) is 14.0 Å². The fourth-order valence-corrected chi connectivity index (χ4v) is 2.29. The molecule has 0 fully saturated rings. The van der Waals surface area contributed by atoms with Gasteiger partial charge < -0.3 is 9.64 Å². The first-order chi connectivity index (χ1) is 8.72. The second kappa shape index (κ2) is 5.83. The number of hydrogen-bond donors (Lipinski definition) is 0. The first-order valence-electron chi connectivity index (χ1n) is 6.24. The first-order valence-corrected chi connectivity index (χ1v) is 6.24. The third-order valence-corrected chi connectivity index (χ3v) is 3.26. The Hall–Kier alpha value is -1.61. The number of methoxy groups -OCH3 is 1. The average molecular weight is 245 g/mol. The van der Waals surface area contributed by atoms with Crippen molar-refractivity contribution in [3.05, 3.63) is 41.5 Å². The van der Waals surface area contributed by atoms with Crippen molar-refractivity contribution in [3.8, 4) is 0 Å². The van der Waals surface area contributed by atoms with E-state index in [1.165, 1.54) is 5.57 Å². The second-order valence-corrected chi connectivity index (χ2v) is 4.56. The summed E-state index contributed by atoms with van der Waals surface area (Å²) in [6, 6.07) is 7.81. The molecule has 1 aliphatic heterocycles. The lowest BCUT2D eigenvalue weighted by atomic mass is 10.0. The Morgan fingerprint density at radius 3 is 2.78 bits per heavy atom. The van der Waals surface area contributed by atoms with E-state index in [-0.39, 0.29) is 5.78 Å². The molecule has 2 rings (SSSR count). The monoisotopic (exact) mass is 245 g/mol. The van der Waals surface area contributed by atoms with E-state index in [4.69, 9.17) is 4.74 Å². The Balaban J connectivity index is 2.17. The number of carbonyl (C=O) groups excluding carboxylic acids is 1. The van der Waals surface area contributed by atoms with Gasteiger partial charge >= 0.3 is 0 Å². The lowest BCUT2D eigenvalue weighted by Crippen LogP contribution is -2.30. The van der Waals surface area contributed by atoms with Crippen LogP contribution >= 0.6 is 0 Å². The molecule has 3 heteroatoms. The summed E-state index contributed by atoms with van der Waals surface area (Å²) in [5.41, 5.74) is 3.19. The van der Waals surface area contributed by atoms with Crippen LogP contribution in [0.4, 0.5) is 5.69 Å². The van der Waals surface area contributed by atoms with Crippen LogP contribution < -0.4 is 4.90 Å². The maximum absolute atomic E-state index is 11.6. The lowest BCUT2D eigenvalue weighted by Gasteiger charge is -2.29. The van der Waals surface area contributed by atoms with Crippen LogP contribution in [-0.2, 0) is 4.74 Å². The van der Waals surface area contributed by atoms with Crippen molar-refractivity contribution >= 4 is 11.5 Å². The third kappa shape index (κ3) is 2.79. The third-order valence-electron chi connectivity index (χ3n) is 3.26. The molecule has 0 spiro atoms. The fourth-order valence-electron chi connectivity index (χ4n) is 2.29. The molecule has 0 saturated carbocycles. The number of rotatable bonds is 4. The molecule has 1 heterocycles. The van der Waals surface area contributed by atoms with Crippen LogP contribution in [0.25, 0.3) is 0 Å². The summed E-state index contributed by atoms with van der Waals surface area (Å²) >= 11 is 0. The number of benzene rings is 1. The Labute approximate surface area is 108 Å². The van der Waals surface area contributed by atoms with Crippen molar-refractivity contribution < 1.29 is 9.53 Å². The molecule has 18 heavy (non-hydrogen) atoms. The van der Waals surface area contributed by atoms with Gasteiger partial charge in [-0.3, -0.25) is 4.79 Å². The number of hydrogen-bond acceptors (Lipinski definition) is 3. The van der Waals surface area contributed by atoms with Gasteiger partial charge in [-0.25, -0.2) is 0 Å². The van der Waals surface area contributed by atoms with E-state index in [0.717, 1.165) is 30.8 Å². The summed E-state index contributed by atoms with van der Waals surface area (Å²) in [4.78, 5) is 13.9. The fraction of sp³-hybridized carbons (Fsp3) is 0.400. The highest BCUT2D eigenvalue weighted by molar-refractivity contribution is 5.99. The van der Waals surface area contributed by atoms with Crippen molar-refractivity contribution in [1.29, 1.82) is 0 Å². The van der Waals surface area contributed by atoms with Crippen LogP contribution in [0, 0.1) is 0 Å². The van der Waals surface area contributed by atoms with Crippen molar-refractivity contribution in [1.82, 2.24) is 0 Å². The van der Waals surface area contributed by atoms with Crippen LogP contribution in [0.1, 0.15) is 23.7 Å². The minimum absolute atomic E-state index is 0.122. The number of anilines is 1. The van der Waals surface area contributed by atoms with Crippen molar-refractivity contribution in [2.75, 3.05) is 31.7 Å². The molecule has 0 saturated heterocycles. The molecule has 0 radical (unpaired) electrons. The normalized spacial score (nSPS) is 15.4. The quantitative estimate of drug-likeness (QED) is 0.603. The highest BCUT2D eigenvalue weighted by atomic mass is 16.5. The van der Waals surface area contributed by atoms with E-state index in [9.17, 15) is 4.79 Å². The van der Waals surface area contributed by atoms with Gasteiger partial charge in [0.25, 0.3) is 0 Å². The lowest BCUT2D eigenvalue weighted by molar-refractivity contribution is 0.101. The maximum atomic E-state index is 11.6. The van der Waals surface area contributed by atoms with E-state index < -0.39 is 0 Å². The molecule has 3 nitrogen and oxygen atoms in total. The second-order valence-electron chi connectivity index (χ2n) is 4.56. The zero-order chi connectivity index (χ0) is 13.0. The predicted octanol–water partition coefficient (Wildman–Crippen LogP) is 2.67. The molecule has 1 aliphatic rings. The first kappa shape index (κ1) is 12.8. The van der Waals surface area contributed by atoms with Crippen LogP contribution in [0.15, 0.2) is 35.9 Å². The minimum atomic E-state index is 0.122. The van der Waals surface area contributed by atoms with E-state index >= 15 is 0 Å². The molecule has 0 N–H and O–H groups in total. The topological polar surface area (TPSA) is 29.5 Å². The Morgan fingerprint density at radius 1 is 1.39 bits per heavy atom. The molecule has 0 unspecified atom stereocenters. The van der Waals surface area contributed by atoms with Crippen LogP contribution in [0.2, 0.25) is 0 Å². The highest BCUT2D eigenvalue weighted by Gasteiger charge is 2.16. The summed E-state index contributed by atoms with van der Waals surface area (Å²) in [5, 5.41) is 0. The molecule has 0 aromatic heterocycles. The highest BCUT2D eigenvalue weighted by Crippen LogP contribution is 2.24. The zero-order valence-corrected chi connectivity index (χ0v) is 11.0. The smallest absolute Gasteiger partial charge is 0.161 e. The van der Waals surface area contributed by atoms with E-state index in [2.05, 4.69) is 11.0 Å². The van der Waals surface area contributed by atoms with Gasteiger partial charge in [0, 0.05) is 31.5 Å². The number of nitrogens with zero attached hydrogens (tertiary/aromatic N) is 1. The maximum Gasteiger partial charge on any atom is 0.161 e. The van der Waals surface area contributed by atoms with Crippen molar-refractivity contribution in [2.24, 2.45) is 0 Å². The number of carbonyl (C=O) groups is 1. The Morgan fingerprint density at radius 2 is 2.17 bits per heavy atom. The molecule has 1 aromatic carbocycles. The van der Waals surface area contributed by atoms with Gasteiger partial charge in [-0.05, 0) is 31.1 Å². The zero-order valence-electron chi connectivity index (χ0n) is 11.0. The molecular weight excluding hydrogens is 226 g/mol. The van der Waals surface area contributed by atoms with Gasteiger partial charge in [-0.1, -0.05) is 18.2 Å². The van der Waals surface area contributed by atoms with Gasteiger partial charge in [0.2, 0.25) is 0 Å². The summed E-state index contributed by atoms with van der Waals surface area (Å²) in [7, 11) is 1.72. The van der Waals surface area contributed by atoms with Gasteiger partial charge in [-0.2, -0.15) is 0 Å². The van der Waals surface area contributed by atoms with Gasteiger partial charge in [0.15, 0.2) is 5.78 Å². The largest absolute Gasteiger partial charge is 0.380 e. The van der Waals surface area contributed by atoms with Gasteiger partial charge in [0.05, 0.1) is 6.61 Å². The SMILES string of the molecule is COCC1=CCN(c2ccccc2C(C)=O)CC1. The summed E-state index contributed by atoms with van der Waals surface area (Å²) in [6.07, 6.45) is 3.20. The minimum Gasteiger partial charge on any atom is -0.380 e. The number of Topliss-reactive ketones (excluding diaryl/α,β-unsaturated/α-hetero) is 1. The van der Waals surface area contributed by atoms with Gasteiger partial charge in [-0.15, -0.1) is 0 Å². The number of para-hydroxylation sites is 1. The average Bonchev–Trinajstić information content (AvgIpc) is 2.40. The van der Waals surface area contributed by atoms with Crippen LogP contribution in [0.5, 0.6) is 0 Å². The molecule has 0 atom stereocenters. The number of ether oxygens (including phenoxy) is 1. The molecule has 0 bridgehead atoms. The Kier molecular flexibility index (Phi) is 4.15. The van der Waals surface area contributed by atoms with Crippen LogP contribution in [-0.4, -0.2) is 32.6 Å². The predicted molar refractivity (Wildman–Crippen MR) is 73.2 cm³/mol. The Bertz CT molecular complexity index is 465. The van der Waals surface area contributed by atoms with E-state index in [1.807, 2.05) is 24.3 Å². The van der Waals surface area contributed by atoms with Crippen molar-refractivity contribution in [2.45, 2.75) is 13.3 Å². The standard InChI is InChI=1S/C15H19NO2/c1-12(17)14-5-3-4-6-15(14)16-9-7-13(8-10-16)11-18-2/h3-7H,8-11H2,1-2H3. The van der Waals surface area contributed by atoms with E-state index in [0.29, 0.717) is 6.61 Å².